The van der Waals surface area contributed by atoms with E-state index in [1.165, 1.54) is 24.3 Å². The van der Waals surface area contributed by atoms with Crippen LogP contribution in [0.2, 0.25) is 0 Å². The van der Waals surface area contributed by atoms with Crippen LogP contribution in [0, 0.1) is 10.1 Å². The number of cyclic esters (lactones) is 1. The summed E-state index contributed by atoms with van der Waals surface area (Å²) in [5.41, 5.74) is 0.966. The molecule has 0 aliphatic carbocycles. The molecule has 0 fully saturated rings. The first-order valence-corrected chi connectivity index (χ1v) is 7.65. The number of hydrogen-bond acceptors (Lipinski definition) is 6. The van der Waals surface area contributed by atoms with Gasteiger partial charge < -0.3 is 9.47 Å². The molecular formula is C19H14N2O5. The number of esters is 1. The number of benzene rings is 2. The second-order valence-electron chi connectivity index (χ2n) is 5.26. The van der Waals surface area contributed by atoms with Crippen LogP contribution in [0.4, 0.5) is 5.69 Å². The highest BCUT2D eigenvalue weighted by Crippen LogP contribution is 2.24. The van der Waals surface area contributed by atoms with Crippen LogP contribution in [-0.4, -0.2) is 23.9 Å². The number of hydrogen-bond donors (Lipinski definition) is 0. The van der Waals surface area contributed by atoms with Gasteiger partial charge >= 0.3 is 5.97 Å². The monoisotopic (exact) mass is 350 g/mol. The van der Waals surface area contributed by atoms with Gasteiger partial charge in [-0.3, -0.25) is 10.1 Å². The highest BCUT2D eigenvalue weighted by Gasteiger charge is 2.23. The van der Waals surface area contributed by atoms with Crippen LogP contribution in [-0.2, 0) is 9.53 Å². The zero-order chi connectivity index (χ0) is 18.5. The van der Waals surface area contributed by atoms with Crippen molar-refractivity contribution in [2.24, 2.45) is 4.99 Å². The molecule has 26 heavy (non-hydrogen) atoms. The summed E-state index contributed by atoms with van der Waals surface area (Å²) in [6.07, 6.45) is 4.58. The number of nitrogens with zero attached hydrogens (tertiary/aromatic N) is 2. The van der Waals surface area contributed by atoms with Gasteiger partial charge in [-0.15, -0.1) is 0 Å². The van der Waals surface area contributed by atoms with Crippen molar-refractivity contribution >= 4 is 29.7 Å². The maximum Gasteiger partial charge on any atom is 0.363 e. The minimum atomic E-state index is -0.664. The molecule has 7 heteroatoms. The highest BCUT2D eigenvalue weighted by atomic mass is 16.6. The number of nitro groups is 1. The van der Waals surface area contributed by atoms with Gasteiger partial charge in [0.1, 0.15) is 5.75 Å². The number of para-hydroxylation sites is 2. The van der Waals surface area contributed by atoms with E-state index in [2.05, 4.69) is 4.99 Å². The maximum absolute atomic E-state index is 12.0. The third-order valence-electron chi connectivity index (χ3n) is 3.61. The van der Waals surface area contributed by atoms with Gasteiger partial charge in [0.25, 0.3) is 5.69 Å². The second kappa shape index (κ2) is 7.43. The van der Waals surface area contributed by atoms with Gasteiger partial charge in [0.2, 0.25) is 5.90 Å². The molecule has 0 aromatic heterocycles. The molecule has 0 unspecified atom stereocenters. The summed E-state index contributed by atoms with van der Waals surface area (Å²) in [4.78, 5) is 26.6. The lowest BCUT2D eigenvalue weighted by atomic mass is 10.1. The molecule has 0 bridgehead atoms. The van der Waals surface area contributed by atoms with Crippen LogP contribution in [0.1, 0.15) is 11.1 Å². The first-order valence-electron chi connectivity index (χ1n) is 7.65. The molecule has 0 spiro atoms. The molecule has 1 heterocycles. The fourth-order valence-corrected chi connectivity index (χ4v) is 2.39. The van der Waals surface area contributed by atoms with E-state index in [1.807, 2.05) is 24.3 Å². The average molecular weight is 350 g/mol. The number of carbonyl (C=O) groups excluding carboxylic acids is 1. The van der Waals surface area contributed by atoms with Crippen molar-refractivity contribution in [2.45, 2.75) is 0 Å². The fourth-order valence-electron chi connectivity index (χ4n) is 2.39. The summed E-state index contributed by atoms with van der Waals surface area (Å²) < 4.78 is 10.3. The normalized spacial score (nSPS) is 15.2. The molecule has 2 aromatic carbocycles. The van der Waals surface area contributed by atoms with E-state index in [0.717, 1.165) is 5.56 Å². The lowest BCUT2D eigenvalue weighted by molar-refractivity contribution is -0.385. The topological polar surface area (TPSA) is 91.0 Å². The van der Waals surface area contributed by atoms with Crippen molar-refractivity contribution in [3.05, 3.63) is 81.5 Å². The van der Waals surface area contributed by atoms with Gasteiger partial charge in [-0.1, -0.05) is 30.3 Å². The Kier molecular flexibility index (Phi) is 4.89. The van der Waals surface area contributed by atoms with E-state index in [9.17, 15) is 14.9 Å². The van der Waals surface area contributed by atoms with E-state index < -0.39 is 10.9 Å². The Morgan fingerprint density at radius 3 is 2.50 bits per heavy atom. The van der Waals surface area contributed by atoms with Crippen LogP contribution < -0.4 is 4.74 Å². The summed E-state index contributed by atoms with van der Waals surface area (Å²) in [6.45, 7) is 0. The Balaban J connectivity index is 1.88. The summed E-state index contributed by atoms with van der Waals surface area (Å²) in [6, 6.07) is 13.4. The standard InChI is InChI=1S/C19H14N2O5/c1-25-17-9-5-3-6-13(17)10-11-18-20-15(19(22)26-18)12-14-7-2-4-8-16(14)21(23)24/h2-12H,1H3/b11-10+,15-12-. The van der Waals surface area contributed by atoms with Crippen LogP contribution in [0.15, 0.2) is 65.3 Å². The van der Waals surface area contributed by atoms with Crippen LogP contribution in [0.25, 0.3) is 12.2 Å². The van der Waals surface area contributed by atoms with E-state index >= 15 is 0 Å². The van der Waals surface area contributed by atoms with Gasteiger partial charge in [-0.05, 0) is 24.3 Å². The van der Waals surface area contributed by atoms with Crippen molar-refractivity contribution in [1.29, 1.82) is 0 Å². The highest BCUT2D eigenvalue weighted by molar-refractivity contribution is 6.11. The Morgan fingerprint density at radius 2 is 1.77 bits per heavy atom. The van der Waals surface area contributed by atoms with Crippen molar-refractivity contribution in [3.63, 3.8) is 0 Å². The van der Waals surface area contributed by atoms with E-state index in [-0.39, 0.29) is 22.8 Å². The predicted molar refractivity (Wildman–Crippen MR) is 96.6 cm³/mol. The molecule has 1 aliphatic rings. The Bertz CT molecular complexity index is 960. The van der Waals surface area contributed by atoms with Gasteiger partial charge in [0.05, 0.1) is 17.6 Å². The number of ether oxygens (including phenoxy) is 2. The summed E-state index contributed by atoms with van der Waals surface area (Å²) in [7, 11) is 1.56. The average Bonchev–Trinajstić information content (AvgIpc) is 3.00. The molecular weight excluding hydrogens is 336 g/mol. The van der Waals surface area contributed by atoms with Crippen LogP contribution in [0.5, 0.6) is 5.75 Å². The lowest BCUT2D eigenvalue weighted by Crippen LogP contribution is -2.01. The fraction of sp³-hybridized carbons (Fsp3) is 0.0526. The summed E-state index contributed by atoms with van der Waals surface area (Å²) >= 11 is 0. The van der Waals surface area contributed by atoms with E-state index in [0.29, 0.717) is 5.75 Å². The molecule has 3 rings (SSSR count). The number of rotatable bonds is 5. The number of carbonyl (C=O) groups is 1. The first kappa shape index (κ1) is 17.1. The number of methoxy groups -OCH3 is 1. The molecule has 0 saturated heterocycles. The van der Waals surface area contributed by atoms with E-state index in [1.54, 1.807) is 25.3 Å². The second-order valence-corrected chi connectivity index (χ2v) is 5.26. The molecule has 7 nitrogen and oxygen atoms in total. The van der Waals surface area contributed by atoms with Gasteiger partial charge in [-0.2, -0.15) is 0 Å². The SMILES string of the molecule is COc1ccccc1/C=C/C1=NC(=C\c2ccccc2[N+](=O)[O-])/C(=O)O1. The zero-order valence-electron chi connectivity index (χ0n) is 13.8. The molecule has 0 atom stereocenters. The summed E-state index contributed by atoms with van der Waals surface area (Å²) in [5, 5.41) is 11.1. The molecule has 2 aromatic rings. The predicted octanol–water partition coefficient (Wildman–Crippen LogP) is 3.61. The number of aliphatic imine (C=N–C) groups is 1. The quantitative estimate of drug-likeness (QED) is 0.355. The Labute approximate surface area is 149 Å². The minimum absolute atomic E-state index is 0.000948. The smallest absolute Gasteiger partial charge is 0.363 e. The van der Waals surface area contributed by atoms with Crippen molar-refractivity contribution in [1.82, 2.24) is 0 Å². The van der Waals surface area contributed by atoms with Crippen LogP contribution in [0.3, 0.4) is 0 Å². The molecule has 0 amide bonds. The molecule has 0 N–H and O–H groups in total. The van der Waals surface area contributed by atoms with Crippen molar-refractivity contribution in [2.75, 3.05) is 7.11 Å². The van der Waals surface area contributed by atoms with Crippen molar-refractivity contribution in [3.8, 4) is 5.75 Å². The van der Waals surface area contributed by atoms with Crippen LogP contribution >= 0.6 is 0 Å². The third kappa shape index (κ3) is 3.67. The Morgan fingerprint density at radius 1 is 1.08 bits per heavy atom. The molecule has 1 aliphatic heterocycles. The third-order valence-corrected chi connectivity index (χ3v) is 3.61. The molecule has 130 valence electrons. The maximum atomic E-state index is 12.0. The molecule has 0 saturated carbocycles. The summed E-state index contributed by atoms with van der Waals surface area (Å²) in [5.74, 6) is 0.109. The first-order chi connectivity index (χ1) is 12.6. The van der Waals surface area contributed by atoms with Gasteiger partial charge in [-0.25, -0.2) is 9.79 Å². The van der Waals surface area contributed by atoms with E-state index in [4.69, 9.17) is 9.47 Å². The van der Waals surface area contributed by atoms with Gasteiger partial charge in [0.15, 0.2) is 5.70 Å². The van der Waals surface area contributed by atoms with Crippen molar-refractivity contribution < 1.29 is 19.2 Å². The zero-order valence-corrected chi connectivity index (χ0v) is 13.8. The minimum Gasteiger partial charge on any atom is -0.496 e. The van der Waals surface area contributed by atoms with Gasteiger partial charge in [0, 0.05) is 17.7 Å². The Hall–Kier alpha value is -3.74. The largest absolute Gasteiger partial charge is 0.496 e. The lowest BCUT2D eigenvalue weighted by Gasteiger charge is -2.02. The molecule has 0 radical (unpaired) electrons. The number of nitro benzene ring substituents is 1.